The zero-order valence-corrected chi connectivity index (χ0v) is 19.4. The molecular weight excluding hydrogens is 412 g/mol. The summed E-state index contributed by atoms with van der Waals surface area (Å²) < 4.78 is 5.75. The number of hydrogen-bond acceptors (Lipinski definition) is 5. The van der Waals surface area contributed by atoms with Crippen molar-refractivity contribution in [2.75, 3.05) is 13.1 Å². The molecule has 172 valence electrons. The van der Waals surface area contributed by atoms with Crippen molar-refractivity contribution in [3.05, 3.63) is 90.0 Å². The monoisotopic (exact) mass is 444 g/mol. The molecule has 1 aliphatic rings. The van der Waals surface area contributed by atoms with Crippen molar-refractivity contribution in [2.45, 2.75) is 45.4 Å². The van der Waals surface area contributed by atoms with Crippen LogP contribution >= 0.6 is 0 Å². The number of nitrogens with zero attached hydrogens (tertiary/aromatic N) is 3. The number of amides is 1. The van der Waals surface area contributed by atoms with Crippen molar-refractivity contribution in [3.63, 3.8) is 0 Å². The summed E-state index contributed by atoms with van der Waals surface area (Å²) >= 11 is 0. The van der Waals surface area contributed by atoms with Gasteiger partial charge in [0.25, 0.3) is 5.91 Å². The van der Waals surface area contributed by atoms with Gasteiger partial charge in [0.2, 0.25) is 0 Å². The van der Waals surface area contributed by atoms with Crippen molar-refractivity contribution in [3.8, 4) is 5.75 Å². The van der Waals surface area contributed by atoms with Gasteiger partial charge in [-0.25, -0.2) is 0 Å². The third-order valence-corrected chi connectivity index (χ3v) is 6.00. The average Bonchev–Trinajstić information content (AvgIpc) is 2.85. The predicted octanol–water partition coefficient (Wildman–Crippen LogP) is 4.65. The molecule has 1 atom stereocenters. The Labute approximate surface area is 196 Å². The molecule has 0 saturated carbocycles. The van der Waals surface area contributed by atoms with Crippen LogP contribution in [0, 0.1) is 5.92 Å². The van der Waals surface area contributed by atoms with Crippen molar-refractivity contribution < 1.29 is 9.53 Å². The molecule has 3 aromatic rings. The topological polar surface area (TPSA) is 67.3 Å². The van der Waals surface area contributed by atoms with Crippen LogP contribution in [0.1, 0.15) is 54.5 Å². The van der Waals surface area contributed by atoms with Gasteiger partial charge in [-0.3, -0.25) is 19.7 Å². The first kappa shape index (κ1) is 22.9. The summed E-state index contributed by atoms with van der Waals surface area (Å²) in [6.45, 7) is 6.96. The van der Waals surface area contributed by atoms with Crippen LogP contribution in [0.25, 0.3) is 0 Å². The Bertz CT molecular complexity index is 1000. The van der Waals surface area contributed by atoms with E-state index in [9.17, 15) is 4.79 Å². The maximum Gasteiger partial charge on any atom is 0.270 e. The van der Waals surface area contributed by atoms with Crippen LogP contribution in [0.15, 0.2) is 73.1 Å². The molecule has 1 fully saturated rings. The fourth-order valence-corrected chi connectivity index (χ4v) is 4.35. The van der Waals surface area contributed by atoms with Gasteiger partial charge in [0.05, 0.1) is 17.8 Å². The number of hydrogen-bond donors (Lipinski definition) is 1. The summed E-state index contributed by atoms with van der Waals surface area (Å²) in [5.74, 6) is 1.08. The first-order valence-electron chi connectivity index (χ1n) is 11.7. The molecule has 1 aliphatic heterocycles. The highest BCUT2D eigenvalue weighted by molar-refractivity contribution is 5.92. The zero-order valence-electron chi connectivity index (χ0n) is 19.4. The van der Waals surface area contributed by atoms with E-state index in [4.69, 9.17) is 4.74 Å². The van der Waals surface area contributed by atoms with Gasteiger partial charge in [0.15, 0.2) is 0 Å². The molecule has 0 bridgehead atoms. The highest BCUT2D eigenvalue weighted by atomic mass is 16.5. The number of likely N-dealkylation sites (tertiary alicyclic amines) is 1. The van der Waals surface area contributed by atoms with Crippen molar-refractivity contribution >= 4 is 5.91 Å². The van der Waals surface area contributed by atoms with Crippen LogP contribution in [0.2, 0.25) is 0 Å². The normalized spacial score (nSPS) is 15.8. The number of benzene rings is 1. The Kier molecular flexibility index (Phi) is 7.68. The molecule has 0 unspecified atom stereocenters. The van der Waals surface area contributed by atoms with Crippen LogP contribution in [-0.4, -0.2) is 40.0 Å². The summed E-state index contributed by atoms with van der Waals surface area (Å²) in [6.07, 6.45) is 5.61. The molecule has 0 radical (unpaired) electrons. The molecule has 3 heterocycles. The molecule has 1 amide bonds. The van der Waals surface area contributed by atoms with E-state index in [0.717, 1.165) is 43.9 Å². The van der Waals surface area contributed by atoms with E-state index in [0.29, 0.717) is 11.6 Å². The van der Waals surface area contributed by atoms with Crippen LogP contribution in [-0.2, 0) is 6.54 Å². The first-order valence-corrected chi connectivity index (χ1v) is 11.7. The van der Waals surface area contributed by atoms with E-state index in [1.807, 2.05) is 56.3 Å². The maximum absolute atomic E-state index is 12.8. The zero-order chi connectivity index (χ0) is 23.0. The average molecular weight is 445 g/mol. The van der Waals surface area contributed by atoms with E-state index < -0.39 is 0 Å². The number of nitrogens with one attached hydrogen (secondary N) is 1. The molecular formula is C27H32N4O2. The van der Waals surface area contributed by atoms with Crippen molar-refractivity contribution in [1.29, 1.82) is 0 Å². The van der Waals surface area contributed by atoms with Gasteiger partial charge in [-0.2, -0.15) is 0 Å². The summed E-state index contributed by atoms with van der Waals surface area (Å²) in [7, 11) is 0. The van der Waals surface area contributed by atoms with Crippen LogP contribution in [0.3, 0.4) is 0 Å². The third kappa shape index (κ3) is 6.39. The summed E-state index contributed by atoms with van der Waals surface area (Å²) in [5, 5.41) is 3.21. The number of rotatable bonds is 8. The fourth-order valence-electron chi connectivity index (χ4n) is 4.35. The van der Waals surface area contributed by atoms with Crippen LogP contribution in [0.4, 0.5) is 0 Å². The maximum atomic E-state index is 12.8. The molecule has 1 aromatic carbocycles. The molecule has 33 heavy (non-hydrogen) atoms. The second-order valence-electron chi connectivity index (χ2n) is 8.84. The minimum atomic E-state index is -0.155. The highest BCUT2D eigenvalue weighted by Crippen LogP contribution is 2.31. The SMILES string of the molecule is CC(C)Oc1ccc(CN2CCC([C@@H](NC(=O)c3ccccn3)c3ccccn3)CC2)cc1. The lowest BCUT2D eigenvalue weighted by molar-refractivity contribution is 0.0883. The lowest BCUT2D eigenvalue weighted by Crippen LogP contribution is -2.41. The van der Waals surface area contributed by atoms with E-state index in [1.165, 1.54) is 5.56 Å². The number of pyridine rings is 2. The number of aromatic nitrogens is 2. The smallest absolute Gasteiger partial charge is 0.270 e. The Balaban J connectivity index is 1.38. The minimum Gasteiger partial charge on any atom is -0.491 e. The van der Waals surface area contributed by atoms with Gasteiger partial charge in [-0.1, -0.05) is 24.3 Å². The Morgan fingerprint density at radius 2 is 1.70 bits per heavy atom. The minimum absolute atomic E-state index is 0.129. The van der Waals surface area contributed by atoms with Gasteiger partial charge >= 0.3 is 0 Å². The molecule has 0 aliphatic carbocycles. The Morgan fingerprint density at radius 1 is 1.00 bits per heavy atom. The molecule has 1 N–H and O–H groups in total. The third-order valence-electron chi connectivity index (χ3n) is 6.00. The summed E-state index contributed by atoms with van der Waals surface area (Å²) in [4.78, 5) is 24.1. The van der Waals surface area contributed by atoms with Gasteiger partial charge in [0.1, 0.15) is 11.4 Å². The van der Waals surface area contributed by atoms with Crippen LogP contribution in [0.5, 0.6) is 5.75 Å². The van der Waals surface area contributed by atoms with Crippen molar-refractivity contribution in [1.82, 2.24) is 20.2 Å². The number of carbonyl (C=O) groups excluding carboxylic acids is 1. The standard InChI is InChI=1S/C27H32N4O2/c1-20(2)33-23-11-9-21(10-12-23)19-31-17-13-22(14-18-31)26(24-7-3-5-15-28-24)30-27(32)25-8-4-6-16-29-25/h3-12,15-16,20,22,26H,13-14,17-19H2,1-2H3,(H,30,32)/t26-/m1/s1. The lowest BCUT2D eigenvalue weighted by Gasteiger charge is -2.36. The molecule has 2 aromatic heterocycles. The van der Waals surface area contributed by atoms with E-state index in [2.05, 4.69) is 32.3 Å². The summed E-state index contributed by atoms with van der Waals surface area (Å²) in [6, 6.07) is 19.5. The largest absolute Gasteiger partial charge is 0.491 e. The fraction of sp³-hybridized carbons (Fsp3) is 0.370. The number of ether oxygens (including phenoxy) is 1. The lowest BCUT2D eigenvalue weighted by atomic mass is 9.87. The second-order valence-corrected chi connectivity index (χ2v) is 8.84. The predicted molar refractivity (Wildman–Crippen MR) is 129 cm³/mol. The van der Waals surface area contributed by atoms with Crippen molar-refractivity contribution in [2.24, 2.45) is 5.92 Å². The molecule has 6 heteroatoms. The van der Waals surface area contributed by atoms with Gasteiger partial charge < -0.3 is 10.1 Å². The van der Waals surface area contributed by atoms with Gasteiger partial charge in [0, 0.05) is 18.9 Å². The quantitative estimate of drug-likeness (QED) is 0.548. The number of piperidine rings is 1. The Morgan fingerprint density at radius 3 is 2.30 bits per heavy atom. The van der Waals surface area contributed by atoms with E-state index >= 15 is 0 Å². The number of carbonyl (C=O) groups is 1. The molecule has 0 spiro atoms. The highest BCUT2D eigenvalue weighted by Gasteiger charge is 2.30. The van der Waals surface area contributed by atoms with Gasteiger partial charge in [-0.05, 0) is 87.7 Å². The Hall–Kier alpha value is -3.25. The summed E-state index contributed by atoms with van der Waals surface area (Å²) in [5.41, 5.74) is 2.62. The molecule has 4 rings (SSSR count). The second kappa shape index (κ2) is 11.1. The van der Waals surface area contributed by atoms with E-state index in [-0.39, 0.29) is 18.1 Å². The van der Waals surface area contributed by atoms with Gasteiger partial charge in [-0.15, -0.1) is 0 Å². The van der Waals surface area contributed by atoms with E-state index in [1.54, 1.807) is 18.5 Å². The molecule has 1 saturated heterocycles. The van der Waals surface area contributed by atoms with Crippen LogP contribution < -0.4 is 10.1 Å². The first-order chi connectivity index (χ1) is 16.1. The molecule has 6 nitrogen and oxygen atoms in total.